The highest BCUT2D eigenvalue weighted by atomic mass is 16.4. The second-order valence-corrected chi connectivity index (χ2v) is 4.15. The van der Waals surface area contributed by atoms with Gasteiger partial charge < -0.3 is 15.5 Å². The van der Waals surface area contributed by atoms with Crippen LogP contribution in [0.2, 0.25) is 0 Å². The Balaban J connectivity index is 2.90. The zero-order chi connectivity index (χ0) is 13.7. The monoisotopic (exact) mass is 251 g/mol. The molecule has 5 nitrogen and oxygen atoms in total. The lowest BCUT2D eigenvalue weighted by molar-refractivity contribution is -0.116. The minimum atomic E-state index is -1.22. The van der Waals surface area contributed by atoms with Gasteiger partial charge in [-0.3, -0.25) is 4.79 Å². The van der Waals surface area contributed by atoms with Gasteiger partial charge in [0.1, 0.15) is 11.3 Å². The van der Waals surface area contributed by atoms with E-state index in [1.54, 1.807) is 13.0 Å². The fourth-order valence-corrected chi connectivity index (χ4v) is 1.58. The molecule has 0 aromatic heterocycles. The van der Waals surface area contributed by atoms with Crippen LogP contribution in [0.3, 0.4) is 0 Å². The Kier molecular flexibility index (Phi) is 4.71. The first-order valence-corrected chi connectivity index (χ1v) is 5.82. The summed E-state index contributed by atoms with van der Waals surface area (Å²) in [4.78, 5) is 22.4. The summed E-state index contributed by atoms with van der Waals surface area (Å²) in [5.41, 5.74) is 0.602. The van der Waals surface area contributed by atoms with E-state index in [4.69, 9.17) is 5.11 Å². The summed E-state index contributed by atoms with van der Waals surface area (Å²) in [7, 11) is 0. The molecule has 98 valence electrons. The summed E-state index contributed by atoms with van der Waals surface area (Å²) in [6.45, 7) is 3.57. The number of aromatic carboxylic acids is 1. The number of hydrogen-bond donors (Lipinski definition) is 3. The van der Waals surface area contributed by atoms with Gasteiger partial charge in [-0.2, -0.15) is 0 Å². The zero-order valence-electron chi connectivity index (χ0n) is 10.5. The molecule has 3 N–H and O–H groups in total. The molecule has 0 fully saturated rings. The van der Waals surface area contributed by atoms with Crippen molar-refractivity contribution in [2.45, 2.75) is 33.1 Å². The Labute approximate surface area is 105 Å². The third-order valence-electron chi connectivity index (χ3n) is 2.57. The van der Waals surface area contributed by atoms with Gasteiger partial charge in [0.15, 0.2) is 0 Å². The van der Waals surface area contributed by atoms with Gasteiger partial charge in [-0.15, -0.1) is 0 Å². The zero-order valence-corrected chi connectivity index (χ0v) is 10.5. The van der Waals surface area contributed by atoms with Gasteiger partial charge in [-0.1, -0.05) is 13.3 Å². The smallest absolute Gasteiger partial charge is 0.339 e. The fourth-order valence-electron chi connectivity index (χ4n) is 1.58. The summed E-state index contributed by atoms with van der Waals surface area (Å²) in [6.07, 6.45) is 2.11. The standard InChI is InChI=1S/C13H17NO4/c1-3-4-5-11(15)14-9-6-8(2)12(16)10(7-9)13(17)18/h6-7,16H,3-5H2,1-2H3,(H,14,15)(H,17,18). The predicted molar refractivity (Wildman–Crippen MR) is 68.0 cm³/mol. The molecule has 1 amide bonds. The first-order valence-electron chi connectivity index (χ1n) is 5.82. The molecule has 1 aromatic rings. The van der Waals surface area contributed by atoms with Crippen LogP contribution >= 0.6 is 0 Å². The van der Waals surface area contributed by atoms with E-state index in [1.165, 1.54) is 6.07 Å². The largest absolute Gasteiger partial charge is 0.507 e. The van der Waals surface area contributed by atoms with Crippen molar-refractivity contribution in [2.75, 3.05) is 5.32 Å². The third-order valence-corrected chi connectivity index (χ3v) is 2.57. The van der Waals surface area contributed by atoms with Crippen LogP contribution in [0.15, 0.2) is 12.1 Å². The number of unbranched alkanes of at least 4 members (excludes halogenated alkanes) is 1. The minimum absolute atomic E-state index is 0.154. The highest BCUT2D eigenvalue weighted by molar-refractivity contribution is 5.96. The molecule has 18 heavy (non-hydrogen) atoms. The summed E-state index contributed by atoms with van der Waals surface area (Å²) in [5, 5.41) is 21.1. The number of anilines is 1. The van der Waals surface area contributed by atoms with E-state index in [9.17, 15) is 14.7 Å². The lowest BCUT2D eigenvalue weighted by atomic mass is 10.1. The normalized spacial score (nSPS) is 10.1. The van der Waals surface area contributed by atoms with Crippen molar-refractivity contribution in [1.82, 2.24) is 0 Å². The van der Waals surface area contributed by atoms with Gasteiger partial charge in [0.2, 0.25) is 5.91 Å². The number of amides is 1. The Morgan fingerprint density at radius 3 is 2.56 bits per heavy atom. The number of benzene rings is 1. The number of rotatable bonds is 5. The Bertz CT molecular complexity index is 468. The summed E-state index contributed by atoms with van der Waals surface area (Å²) < 4.78 is 0. The number of carboxylic acid groups (broad SMARTS) is 1. The fraction of sp³-hybridized carbons (Fsp3) is 0.385. The van der Waals surface area contributed by atoms with Crippen LogP contribution in [0.5, 0.6) is 5.75 Å². The number of aryl methyl sites for hydroxylation is 1. The van der Waals surface area contributed by atoms with Crippen LogP contribution in [-0.2, 0) is 4.79 Å². The molecular weight excluding hydrogens is 234 g/mol. The van der Waals surface area contributed by atoms with Gasteiger partial charge in [0.05, 0.1) is 0 Å². The lowest BCUT2D eigenvalue weighted by Crippen LogP contribution is -2.12. The van der Waals surface area contributed by atoms with Gasteiger partial charge in [-0.25, -0.2) is 4.79 Å². The molecule has 5 heteroatoms. The summed E-state index contributed by atoms with van der Waals surface area (Å²) in [5.74, 6) is -1.65. The number of phenols is 1. The number of carboxylic acids is 1. The first-order chi connectivity index (χ1) is 8.45. The third kappa shape index (κ3) is 3.48. The average Bonchev–Trinajstić information content (AvgIpc) is 2.30. The topological polar surface area (TPSA) is 86.6 Å². The molecule has 0 aliphatic rings. The van der Waals surface area contributed by atoms with Crippen LogP contribution in [0.4, 0.5) is 5.69 Å². The molecule has 0 bridgehead atoms. The number of carbonyl (C=O) groups is 2. The van der Waals surface area contributed by atoms with Crippen molar-refractivity contribution in [3.8, 4) is 5.75 Å². The SMILES string of the molecule is CCCCC(=O)Nc1cc(C)c(O)c(C(=O)O)c1. The second kappa shape index (κ2) is 6.05. The molecule has 1 rings (SSSR count). The number of carbonyl (C=O) groups excluding carboxylic acids is 1. The van der Waals surface area contributed by atoms with E-state index in [1.807, 2.05) is 6.92 Å². The van der Waals surface area contributed by atoms with E-state index in [-0.39, 0.29) is 17.2 Å². The van der Waals surface area contributed by atoms with Crippen molar-refractivity contribution in [2.24, 2.45) is 0 Å². The Morgan fingerprint density at radius 2 is 2.00 bits per heavy atom. The lowest BCUT2D eigenvalue weighted by Gasteiger charge is -2.09. The maximum atomic E-state index is 11.5. The van der Waals surface area contributed by atoms with Crippen molar-refractivity contribution in [3.63, 3.8) is 0 Å². The Morgan fingerprint density at radius 1 is 1.33 bits per heavy atom. The molecule has 0 saturated carbocycles. The van der Waals surface area contributed by atoms with Crippen LogP contribution in [0.1, 0.15) is 42.1 Å². The molecule has 0 saturated heterocycles. The van der Waals surface area contributed by atoms with Crippen molar-refractivity contribution >= 4 is 17.6 Å². The first kappa shape index (κ1) is 14.0. The van der Waals surface area contributed by atoms with Crippen molar-refractivity contribution in [1.29, 1.82) is 0 Å². The summed E-state index contributed by atoms with van der Waals surface area (Å²) in [6, 6.07) is 2.81. The van der Waals surface area contributed by atoms with E-state index >= 15 is 0 Å². The van der Waals surface area contributed by atoms with E-state index < -0.39 is 5.97 Å². The van der Waals surface area contributed by atoms with E-state index in [0.29, 0.717) is 17.7 Å². The van der Waals surface area contributed by atoms with Crippen LogP contribution in [0, 0.1) is 6.92 Å². The Hall–Kier alpha value is -2.04. The highest BCUT2D eigenvalue weighted by Crippen LogP contribution is 2.26. The number of nitrogens with one attached hydrogen (secondary N) is 1. The predicted octanol–water partition coefficient (Wildman–Crippen LogP) is 2.53. The maximum absolute atomic E-state index is 11.5. The number of hydrogen-bond acceptors (Lipinski definition) is 3. The van der Waals surface area contributed by atoms with Gasteiger partial charge in [0.25, 0.3) is 0 Å². The molecular formula is C13H17NO4. The maximum Gasteiger partial charge on any atom is 0.339 e. The van der Waals surface area contributed by atoms with Gasteiger partial charge >= 0.3 is 5.97 Å². The molecule has 0 unspecified atom stereocenters. The molecule has 0 atom stereocenters. The number of aromatic hydroxyl groups is 1. The molecule has 0 aliphatic carbocycles. The second-order valence-electron chi connectivity index (χ2n) is 4.15. The molecule has 0 heterocycles. The van der Waals surface area contributed by atoms with Crippen molar-refractivity contribution < 1.29 is 19.8 Å². The van der Waals surface area contributed by atoms with Gasteiger partial charge in [-0.05, 0) is 31.0 Å². The molecule has 0 radical (unpaired) electrons. The van der Waals surface area contributed by atoms with Crippen LogP contribution in [-0.4, -0.2) is 22.1 Å². The highest BCUT2D eigenvalue weighted by Gasteiger charge is 2.14. The van der Waals surface area contributed by atoms with E-state index in [2.05, 4.69) is 5.32 Å². The quantitative estimate of drug-likeness (QED) is 0.702. The average molecular weight is 251 g/mol. The van der Waals surface area contributed by atoms with E-state index in [0.717, 1.165) is 12.8 Å². The van der Waals surface area contributed by atoms with Crippen LogP contribution < -0.4 is 5.32 Å². The van der Waals surface area contributed by atoms with Crippen molar-refractivity contribution in [3.05, 3.63) is 23.3 Å². The molecule has 0 spiro atoms. The molecule has 0 aliphatic heterocycles. The van der Waals surface area contributed by atoms with Gasteiger partial charge in [0, 0.05) is 12.1 Å². The molecule has 1 aromatic carbocycles. The minimum Gasteiger partial charge on any atom is -0.507 e. The van der Waals surface area contributed by atoms with Crippen LogP contribution in [0.25, 0.3) is 0 Å². The summed E-state index contributed by atoms with van der Waals surface area (Å²) >= 11 is 0.